The molecule has 0 aromatic heterocycles. The van der Waals surface area contributed by atoms with Gasteiger partial charge >= 0.3 is 11.9 Å². The molecule has 0 fully saturated rings. The molecule has 1 heterocycles. The summed E-state index contributed by atoms with van der Waals surface area (Å²) in [6.07, 6.45) is 5.04. The van der Waals surface area contributed by atoms with Gasteiger partial charge in [0.25, 0.3) is 0 Å². The molecule has 1 aliphatic carbocycles. The van der Waals surface area contributed by atoms with Crippen LogP contribution in [0.4, 0.5) is 0 Å². The number of carbonyl (C=O) groups is 2. The highest BCUT2D eigenvalue weighted by molar-refractivity contribution is 6.30. The number of alkyl halides is 1. The number of allylic oxidation sites excluding steroid dienone is 4. The van der Waals surface area contributed by atoms with Crippen LogP contribution >= 0.6 is 23.2 Å². The standard InChI is InChI=1S/C19H16Cl2O6/c1-25-19-14(7-11-6-10(9-20)2-5-15(11)27-19)18(24)26-16-8-12(21)3-4-13(16)17(22)23/h2-5,7-8,11,19H,6,9H2,1H3,(H,22,23). The molecule has 0 saturated heterocycles. The minimum Gasteiger partial charge on any atom is -0.478 e. The molecule has 2 atom stereocenters. The number of hydrogen-bond donors (Lipinski definition) is 1. The average molecular weight is 411 g/mol. The summed E-state index contributed by atoms with van der Waals surface area (Å²) in [6, 6.07) is 3.95. The number of fused-ring (bicyclic) bond motifs is 1. The van der Waals surface area contributed by atoms with Crippen molar-refractivity contribution in [2.45, 2.75) is 12.7 Å². The Kier molecular flexibility index (Phi) is 5.89. The summed E-state index contributed by atoms with van der Waals surface area (Å²) in [7, 11) is 1.40. The fourth-order valence-electron chi connectivity index (χ4n) is 2.88. The number of ether oxygens (including phenoxy) is 3. The summed E-state index contributed by atoms with van der Waals surface area (Å²) in [5, 5.41) is 9.51. The Morgan fingerprint density at radius 2 is 2.11 bits per heavy atom. The van der Waals surface area contributed by atoms with Gasteiger partial charge in [-0.05, 0) is 24.6 Å². The van der Waals surface area contributed by atoms with Crippen molar-refractivity contribution in [2.24, 2.45) is 5.92 Å². The number of carboxylic acids is 1. The second-order valence-corrected chi connectivity index (χ2v) is 6.68. The van der Waals surface area contributed by atoms with E-state index in [0.717, 1.165) is 5.57 Å². The Morgan fingerprint density at radius 1 is 1.33 bits per heavy atom. The molecule has 1 aliphatic heterocycles. The summed E-state index contributed by atoms with van der Waals surface area (Å²) < 4.78 is 16.3. The van der Waals surface area contributed by atoms with Gasteiger partial charge in [-0.15, -0.1) is 11.6 Å². The third kappa shape index (κ3) is 4.18. The Morgan fingerprint density at radius 3 is 2.78 bits per heavy atom. The number of hydrogen-bond acceptors (Lipinski definition) is 5. The van der Waals surface area contributed by atoms with Crippen LogP contribution in [0.1, 0.15) is 16.8 Å². The number of benzene rings is 1. The summed E-state index contributed by atoms with van der Waals surface area (Å²) in [5.41, 5.74) is 0.980. The molecule has 8 heteroatoms. The summed E-state index contributed by atoms with van der Waals surface area (Å²) in [4.78, 5) is 24.0. The number of aromatic carboxylic acids is 1. The highest BCUT2D eigenvalue weighted by atomic mass is 35.5. The molecule has 6 nitrogen and oxygen atoms in total. The summed E-state index contributed by atoms with van der Waals surface area (Å²) in [6.45, 7) is 0. The molecular formula is C19H16Cl2O6. The molecule has 0 amide bonds. The van der Waals surface area contributed by atoms with Gasteiger partial charge < -0.3 is 19.3 Å². The normalized spacial score (nSPS) is 21.2. The first-order chi connectivity index (χ1) is 12.9. The van der Waals surface area contributed by atoms with Gasteiger partial charge in [-0.1, -0.05) is 29.3 Å². The second kappa shape index (κ2) is 8.17. The maximum Gasteiger partial charge on any atom is 0.345 e. The van der Waals surface area contributed by atoms with Gasteiger partial charge in [0.2, 0.25) is 6.29 Å². The van der Waals surface area contributed by atoms with Gasteiger partial charge in [0.05, 0.1) is 0 Å². The van der Waals surface area contributed by atoms with Crippen molar-refractivity contribution in [3.8, 4) is 5.75 Å². The van der Waals surface area contributed by atoms with E-state index in [-0.39, 0.29) is 27.8 Å². The van der Waals surface area contributed by atoms with E-state index in [9.17, 15) is 14.7 Å². The second-order valence-electron chi connectivity index (χ2n) is 5.98. The quantitative estimate of drug-likeness (QED) is 0.449. The minimum absolute atomic E-state index is 0.145. The molecule has 0 saturated carbocycles. The molecule has 0 spiro atoms. The van der Waals surface area contributed by atoms with Gasteiger partial charge in [0.1, 0.15) is 22.6 Å². The maximum absolute atomic E-state index is 12.7. The molecule has 0 radical (unpaired) electrons. The highest BCUT2D eigenvalue weighted by Gasteiger charge is 2.34. The van der Waals surface area contributed by atoms with Crippen molar-refractivity contribution in [1.29, 1.82) is 0 Å². The number of esters is 1. The zero-order chi connectivity index (χ0) is 19.6. The summed E-state index contributed by atoms with van der Waals surface area (Å²) >= 11 is 11.8. The van der Waals surface area contributed by atoms with Crippen molar-refractivity contribution in [3.63, 3.8) is 0 Å². The lowest BCUT2D eigenvalue weighted by atomic mass is 9.89. The van der Waals surface area contributed by atoms with Crippen molar-refractivity contribution in [1.82, 2.24) is 0 Å². The van der Waals surface area contributed by atoms with Crippen LogP contribution in [-0.2, 0) is 14.3 Å². The summed E-state index contributed by atoms with van der Waals surface area (Å²) in [5.74, 6) is -1.28. The van der Waals surface area contributed by atoms with E-state index in [2.05, 4.69) is 0 Å². The molecule has 2 aliphatic rings. The van der Waals surface area contributed by atoms with Crippen molar-refractivity contribution < 1.29 is 28.9 Å². The van der Waals surface area contributed by atoms with Crippen LogP contribution < -0.4 is 4.74 Å². The predicted molar refractivity (Wildman–Crippen MR) is 99.0 cm³/mol. The van der Waals surface area contributed by atoms with Crippen LogP contribution in [-0.4, -0.2) is 36.3 Å². The molecule has 1 aromatic rings. The van der Waals surface area contributed by atoms with Crippen LogP contribution in [0.25, 0.3) is 0 Å². The fourth-order valence-corrected chi connectivity index (χ4v) is 3.24. The topological polar surface area (TPSA) is 82.1 Å². The Hall–Kier alpha value is -2.28. The monoisotopic (exact) mass is 410 g/mol. The van der Waals surface area contributed by atoms with Crippen molar-refractivity contribution in [3.05, 3.63) is 63.9 Å². The van der Waals surface area contributed by atoms with E-state index < -0.39 is 18.2 Å². The maximum atomic E-state index is 12.7. The van der Waals surface area contributed by atoms with Gasteiger partial charge in [-0.3, -0.25) is 0 Å². The van der Waals surface area contributed by atoms with E-state index in [1.807, 2.05) is 6.08 Å². The van der Waals surface area contributed by atoms with Gasteiger partial charge in [-0.25, -0.2) is 9.59 Å². The zero-order valence-electron chi connectivity index (χ0n) is 14.3. The number of carboxylic acid groups (broad SMARTS) is 1. The van der Waals surface area contributed by atoms with E-state index in [0.29, 0.717) is 18.1 Å². The van der Waals surface area contributed by atoms with Gasteiger partial charge in [-0.2, -0.15) is 0 Å². The average Bonchev–Trinajstić information content (AvgIpc) is 2.66. The molecule has 27 heavy (non-hydrogen) atoms. The third-order valence-corrected chi connectivity index (χ3v) is 4.79. The van der Waals surface area contributed by atoms with Gasteiger partial charge in [0, 0.05) is 30.0 Å². The van der Waals surface area contributed by atoms with E-state index in [1.54, 1.807) is 12.2 Å². The van der Waals surface area contributed by atoms with Crippen molar-refractivity contribution in [2.75, 3.05) is 13.0 Å². The van der Waals surface area contributed by atoms with E-state index in [4.69, 9.17) is 37.4 Å². The van der Waals surface area contributed by atoms with Crippen molar-refractivity contribution >= 4 is 35.1 Å². The van der Waals surface area contributed by atoms with Crippen LogP contribution in [0.5, 0.6) is 5.75 Å². The molecule has 2 unspecified atom stereocenters. The lowest BCUT2D eigenvalue weighted by Crippen LogP contribution is -2.33. The first-order valence-electron chi connectivity index (χ1n) is 8.04. The third-order valence-electron chi connectivity index (χ3n) is 4.21. The van der Waals surface area contributed by atoms with E-state index in [1.165, 1.54) is 25.3 Å². The molecule has 1 N–H and O–H groups in total. The Labute approximate surface area is 165 Å². The first kappa shape index (κ1) is 19.5. The van der Waals surface area contributed by atoms with E-state index >= 15 is 0 Å². The largest absolute Gasteiger partial charge is 0.478 e. The molecule has 142 valence electrons. The Balaban J connectivity index is 1.89. The predicted octanol–water partition coefficient (Wildman–Crippen LogP) is 3.94. The molecule has 1 aromatic carbocycles. The van der Waals surface area contributed by atoms with Crippen LogP contribution in [0.15, 0.2) is 53.3 Å². The molecular weight excluding hydrogens is 395 g/mol. The Bertz CT molecular complexity index is 871. The van der Waals surface area contributed by atoms with Crippen LogP contribution in [0.2, 0.25) is 5.02 Å². The fraction of sp³-hybridized carbons (Fsp3) is 0.263. The lowest BCUT2D eigenvalue weighted by molar-refractivity contribution is -0.138. The number of methoxy groups -OCH3 is 1. The zero-order valence-corrected chi connectivity index (χ0v) is 15.8. The number of carbonyl (C=O) groups excluding carboxylic acids is 1. The van der Waals surface area contributed by atoms with Gasteiger partial charge in [0.15, 0.2) is 0 Å². The molecule has 3 rings (SSSR count). The smallest absolute Gasteiger partial charge is 0.345 e. The highest BCUT2D eigenvalue weighted by Crippen LogP contribution is 2.36. The minimum atomic E-state index is -1.24. The molecule has 0 bridgehead atoms. The van der Waals surface area contributed by atoms with Crippen LogP contribution in [0.3, 0.4) is 0 Å². The number of rotatable bonds is 5. The lowest BCUT2D eigenvalue weighted by Gasteiger charge is -2.32. The SMILES string of the molecule is COC1OC2=CC=C(CCl)CC2C=C1C(=O)Oc1cc(Cl)ccc1C(=O)O. The number of halogens is 2. The van der Waals surface area contributed by atoms with Crippen LogP contribution in [0, 0.1) is 5.92 Å². The first-order valence-corrected chi connectivity index (χ1v) is 8.96.